The third-order valence-corrected chi connectivity index (χ3v) is 4.83. The second kappa shape index (κ2) is 5.86. The lowest BCUT2D eigenvalue weighted by atomic mass is 9.99. The fourth-order valence-electron chi connectivity index (χ4n) is 3.16. The van der Waals surface area contributed by atoms with Crippen LogP contribution in [0.2, 0.25) is 10.0 Å². The van der Waals surface area contributed by atoms with Crippen molar-refractivity contribution in [1.82, 2.24) is 4.57 Å². The summed E-state index contributed by atoms with van der Waals surface area (Å²) in [6, 6.07) is 9.42. The summed E-state index contributed by atoms with van der Waals surface area (Å²) in [5.41, 5.74) is 1.24. The molecule has 26 heavy (non-hydrogen) atoms. The lowest BCUT2D eigenvalue weighted by molar-refractivity contribution is -0.137. The number of fused-ring (bicyclic) bond motifs is 3. The molecule has 0 saturated heterocycles. The van der Waals surface area contributed by atoms with Gasteiger partial charge >= 0.3 is 6.18 Å². The summed E-state index contributed by atoms with van der Waals surface area (Å²) in [5.74, 6) is -0.170. The molecule has 0 amide bonds. The summed E-state index contributed by atoms with van der Waals surface area (Å²) in [6.07, 6.45) is -2.71. The van der Waals surface area contributed by atoms with Crippen LogP contribution in [0.25, 0.3) is 5.69 Å². The highest BCUT2D eigenvalue weighted by atomic mass is 35.5. The fraction of sp³-hybridized carbons (Fsp3) is 0.111. The van der Waals surface area contributed by atoms with Crippen LogP contribution in [0.3, 0.4) is 0 Å². The number of nitrogens with zero attached hydrogens (tertiary/aromatic N) is 1. The topological polar surface area (TPSA) is 37.2 Å². The van der Waals surface area contributed by atoms with E-state index in [9.17, 15) is 18.3 Å². The number of aromatic nitrogens is 1. The van der Waals surface area contributed by atoms with Gasteiger partial charge in [0, 0.05) is 22.5 Å². The Morgan fingerprint density at radius 3 is 2.58 bits per heavy atom. The SMILES string of the molecule is Oc1c(Cl)cc(Cl)cc1C1Nc2cc(C(F)(F)F)ccc2-n2cccc21. The van der Waals surface area contributed by atoms with Crippen molar-refractivity contribution in [2.75, 3.05) is 5.32 Å². The van der Waals surface area contributed by atoms with Crippen LogP contribution in [0.4, 0.5) is 18.9 Å². The Hall–Kier alpha value is -2.31. The lowest BCUT2D eigenvalue weighted by Gasteiger charge is -2.31. The summed E-state index contributed by atoms with van der Waals surface area (Å²) < 4.78 is 41.0. The lowest BCUT2D eigenvalue weighted by Crippen LogP contribution is -2.23. The molecule has 3 aromatic rings. The maximum atomic E-state index is 13.1. The zero-order valence-corrected chi connectivity index (χ0v) is 14.5. The van der Waals surface area contributed by atoms with Crippen molar-refractivity contribution in [1.29, 1.82) is 0 Å². The van der Waals surface area contributed by atoms with Crippen LogP contribution in [0, 0.1) is 0 Å². The van der Waals surface area contributed by atoms with E-state index >= 15 is 0 Å². The molecule has 3 nitrogen and oxygen atoms in total. The summed E-state index contributed by atoms with van der Waals surface area (Å²) in [7, 11) is 0. The molecule has 0 aliphatic carbocycles. The number of anilines is 1. The predicted octanol–water partition coefficient (Wildman–Crippen LogP) is 6.02. The van der Waals surface area contributed by atoms with Crippen molar-refractivity contribution in [3.8, 4) is 11.4 Å². The highest BCUT2D eigenvalue weighted by Crippen LogP contribution is 2.44. The molecule has 1 aliphatic rings. The molecule has 2 N–H and O–H groups in total. The first-order valence-electron chi connectivity index (χ1n) is 7.59. The van der Waals surface area contributed by atoms with Crippen molar-refractivity contribution in [3.05, 3.63) is 75.5 Å². The van der Waals surface area contributed by atoms with Gasteiger partial charge in [0.05, 0.1) is 28.0 Å². The zero-order chi connectivity index (χ0) is 18.6. The molecule has 0 radical (unpaired) electrons. The minimum absolute atomic E-state index is 0.0715. The summed E-state index contributed by atoms with van der Waals surface area (Å²) >= 11 is 12.1. The van der Waals surface area contributed by atoms with E-state index in [1.807, 2.05) is 6.07 Å². The van der Waals surface area contributed by atoms with Crippen LogP contribution >= 0.6 is 23.2 Å². The third kappa shape index (κ3) is 2.70. The van der Waals surface area contributed by atoms with E-state index in [2.05, 4.69) is 5.32 Å². The predicted molar refractivity (Wildman–Crippen MR) is 94.4 cm³/mol. The second-order valence-electron chi connectivity index (χ2n) is 5.94. The average Bonchev–Trinajstić information content (AvgIpc) is 3.06. The monoisotopic (exact) mass is 398 g/mol. The van der Waals surface area contributed by atoms with Gasteiger partial charge < -0.3 is 15.0 Å². The van der Waals surface area contributed by atoms with Gasteiger partial charge in [0.15, 0.2) is 0 Å². The van der Waals surface area contributed by atoms with Gasteiger partial charge in [-0.3, -0.25) is 0 Å². The highest BCUT2D eigenvalue weighted by molar-refractivity contribution is 6.35. The van der Waals surface area contributed by atoms with Crippen LogP contribution in [-0.2, 0) is 6.18 Å². The number of hydrogen-bond donors (Lipinski definition) is 2. The Morgan fingerprint density at radius 2 is 1.85 bits per heavy atom. The fourth-order valence-corrected chi connectivity index (χ4v) is 3.67. The number of alkyl halides is 3. The van der Waals surface area contributed by atoms with E-state index in [4.69, 9.17) is 23.2 Å². The molecule has 1 aliphatic heterocycles. The van der Waals surface area contributed by atoms with Crippen molar-refractivity contribution >= 4 is 28.9 Å². The number of rotatable bonds is 1. The number of benzene rings is 2. The van der Waals surface area contributed by atoms with Crippen molar-refractivity contribution in [3.63, 3.8) is 0 Å². The average molecular weight is 399 g/mol. The molecule has 0 fully saturated rings. The van der Waals surface area contributed by atoms with E-state index in [0.717, 1.165) is 17.8 Å². The van der Waals surface area contributed by atoms with Gasteiger partial charge in [-0.1, -0.05) is 23.2 Å². The van der Waals surface area contributed by atoms with Gasteiger partial charge in [0.1, 0.15) is 5.75 Å². The van der Waals surface area contributed by atoms with Crippen molar-refractivity contribution in [2.45, 2.75) is 12.2 Å². The summed E-state index contributed by atoms with van der Waals surface area (Å²) in [5, 5.41) is 13.8. The Morgan fingerprint density at radius 1 is 1.08 bits per heavy atom. The first kappa shape index (κ1) is 17.1. The number of halogens is 5. The number of phenolic OH excluding ortho intramolecular Hbond substituents is 1. The summed E-state index contributed by atoms with van der Waals surface area (Å²) in [6.45, 7) is 0. The quantitative estimate of drug-likeness (QED) is 0.525. The number of hydrogen-bond acceptors (Lipinski definition) is 2. The van der Waals surface area contributed by atoms with Gasteiger partial charge in [0.25, 0.3) is 0 Å². The number of phenols is 1. The molecule has 4 rings (SSSR count). The summed E-state index contributed by atoms with van der Waals surface area (Å²) in [4.78, 5) is 0. The molecule has 1 unspecified atom stereocenters. The minimum atomic E-state index is -4.45. The molecule has 2 aromatic carbocycles. The van der Waals surface area contributed by atoms with Crippen molar-refractivity contribution in [2.24, 2.45) is 0 Å². The van der Waals surface area contributed by atoms with Crippen LogP contribution in [0.5, 0.6) is 5.75 Å². The molecule has 0 bridgehead atoms. The van der Waals surface area contributed by atoms with E-state index in [0.29, 0.717) is 22.0 Å². The third-order valence-electron chi connectivity index (χ3n) is 4.33. The van der Waals surface area contributed by atoms with Crippen molar-refractivity contribution < 1.29 is 18.3 Å². The van der Waals surface area contributed by atoms with Gasteiger partial charge in [-0.2, -0.15) is 13.2 Å². The van der Waals surface area contributed by atoms with Crippen LogP contribution in [0.1, 0.15) is 22.9 Å². The number of nitrogens with one attached hydrogen (secondary N) is 1. The molecule has 1 atom stereocenters. The molecule has 2 heterocycles. The zero-order valence-electron chi connectivity index (χ0n) is 13.0. The standard InChI is InChI=1S/C18H11Cl2F3N2O/c19-10-7-11(17(26)12(20)8-10)16-15-2-1-5-25(15)14-4-3-9(18(21,22)23)6-13(14)24-16/h1-8,16,24,26H. The van der Waals surface area contributed by atoms with Gasteiger partial charge in [0.2, 0.25) is 0 Å². The molecule has 1 aromatic heterocycles. The molecule has 0 spiro atoms. The largest absolute Gasteiger partial charge is 0.506 e. The maximum Gasteiger partial charge on any atom is 0.416 e. The molecule has 0 saturated carbocycles. The second-order valence-corrected chi connectivity index (χ2v) is 6.78. The molecular formula is C18H11Cl2F3N2O. The van der Waals surface area contributed by atoms with E-state index in [1.165, 1.54) is 18.2 Å². The van der Waals surface area contributed by atoms with Gasteiger partial charge in [-0.15, -0.1) is 0 Å². The first-order chi connectivity index (χ1) is 12.3. The Bertz CT molecular complexity index is 1010. The van der Waals surface area contributed by atoms with E-state index in [-0.39, 0.29) is 10.8 Å². The van der Waals surface area contributed by atoms with Crippen LogP contribution in [-0.4, -0.2) is 9.67 Å². The molecular weight excluding hydrogens is 388 g/mol. The maximum absolute atomic E-state index is 13.1. The van der Waals surface area contributed by atoms with Gasteiger partial charge in [-0.05, 0) is 42.5 Å². The molecule has 8 heteroatoms. The minimum Gasteiger partial charge on any atom is -0.506 e. The smallest absolute Gasteiger partial charge is 0.416 e. The van der Waals surface area contributed by atoms with Gasteiger partial charge in [-0.25, -0.2) is 0 Å². The van der Waals surface area contributed by atoms with E-state index < -0.39 is 17.8 Å². The van der Waals surface area contributed by atoms with Crippen LogP contribution in [0.15, 0.2) is 48.7 Å². The van der Waals surface area contributed by atoms with Crippen LogP contribution < -0.4 is 5.32 Å². The first-order valence-corrected chi connectivity index (χ1v) is 8.34. The highest BCUT2D eigenvalue weighted by Gasteiger charge is 2.34. The van der Waals surface area contributed by atoms with E-state index in [1.54, 1.807) is 16.8 Å². The normalized spacial score (nSPS) is 16.0. The molecule has 134 valence electrons. The Labute approximate surface area is 156 Å². The Balaban J connectivity index is 1.89. The Kier molecular flexibility index (Phi) is 3.86. The number of aromatic hydroxyl groups is 1.